The maximum absolute atomic E-state index is 12.1. The van der Waals surface area contributed by atoms with E-state index in [0.717, 1.165) is 10.9 Å². The summed E-state index contributed by atoms with van der Waals surface area (Å²) in [6.45, 7) is 5.85. The highest BCUT2D eigenvalue weighted by atomic mass is 35.5. The first-order valence-corrected chi connectivity index (χ1v) is 5.84. The van der Waals surface area contributed by atoms with Gasteiger partial charge in [0.05, 0.1) is 5.56 Å². The second-order valence-corrected chi connectivity index (χ2v) is 5.53. The number of rotatable bonds is 1. The van der Waals surface area contributed by atoms with Crippen LogP contribution in [0.4, 0.5) is 0 Å². The fourth-order valence-electron chi connectivity index (χ4n) is 1.69. The Hall–Kier alpha value is -1.48. The van der Waals surface area contributed by atoms with Crippen LogP contribution >= 0.6 is 11.6 Å². The first-order chi connectivity index (χ1) is 7.87. The van der Waals surface area contributed by atoms with E-state index in [9.17, 15) is 4.79 Å². The average Bonchev–Trinajstić information content (AvgIpc) is 2.57. The fraction of sp³-hybridized carbons (Fsp3) is 0.308. The van der Waals surface area contributed by atoms with Gasteiger partial charge in [-0.25, -0.2) is 0 Å². The molecule has 0 spiro atoms. The van der Waals surface area contributed by atoms with Gasteiger partial charge in [-0.1, -0.05) is 11.6 Å². The number of nitrogens with one attached hydrogen (secondary N) is 2. The zero-order valence-corrected chi connectivity index (χ0v) is 10.9. The average molecular weight is 251 g/mol. The lowest BCUT2D eigenvalue weighted by Crippen LogP contribution is -2.40. The number of hydrogen-bond donors (Lipinski definition) is 2. The standard InChI is InChI=1S/C13H15ClN2O/c1-13(2,3)16-12(17)10-7-15-11-5-4-8(14)6-9(10)11/h4-7,15H,1-3H3,(H,16,17). The smallest absolute Gasteiger partial charge is 0.253 e. The summed E-state index contributed by atoms with van der Waals surface area (Å²) in [6, 6.07) is 5.46. The number of carbonyl (C=O) groups excluding carboxylic acids is 1. The molecule has 0 aliphatic rings. The van der Waals surface area contributed by atoms with E-state index in [0.29, 0.717) is 10.6 Å². The molecule has 0 atom stereocenters. The third kappa shape index (κ3) is 2.61. The van der Waals surface area contributed by atoms with Crippen molar-refractivity contribution < 1.29 is 4.79 Å². The van der Waals surface area contributed by atoms with Gasteiger partial charge in [-0.3, -0.25) is 4.79 Å². The van der Waals surface area contributed by atoms with E-state index in [2.05, 4.69) is 10.3 Å². The molecule has 0 aliphatic carbocycles. The Labute approximate surface area is 105 Å². The van der Waals surface area contributed by atoms with Crippen molar-refractivity contribution in [1.82, 2.24) is 10.3 Å². The third-order valence-electron chi connectivity index (χ3n) is 2.38. The van der Waals surface area contributed by atoms with Gasteiger partial charge in [0, 0.05) is 27.7 Å². The van der Waals surface area contributed by atoms with E-state index < -0.39 is 0 Å². The van der Waals surface area contributed by atoms with Gasteiger partial charge in [0.2, 0.25) is 0 Å². The summed E-state index contributed by atoms with van der Waals surface area (Å²) < 4.78 is 0. The highest BCUT2D eigenvalue weighted by Crippen LogP contribution is 2.22. The van der Waals surface area contributed by atoms with E-state index in [1.807, 2.05) is 26.8 Å². The number of fused-ring (bicyclic) bond motifs is 1. The number of aromatic nitrogens is 1. The molecular weight excluding hydrogens is 236 g/mol. The topological polar surface area (TPSA) is 44.9 Å². The van der Waals surface area contributed by atoms with Crippen molar-refractivity contribution >= 4 is 28.4 Å². The first kappa shape index (κ1) is 12.0. The van der Waals surface area contributed by atoms with Crippen LogP contribution in [0.15, 0.2) is 24.4 Å². The summed E-state index contributed by atoms with van der Waals surface area (Å²) in [5.74, 6) is -0.0917. The number of amides is 1. The molecule has 1 amide bonds. The zero-order chi connectivity index (χ0) is 12.6. The Bertz CT molecular complexity index is 566. The van der Waals surface area contributed by atoms with E-state index >= 15 is 0 Å². The van der Waals surface area contributed by atoms with Crippen molar-refractivity contribution in [3.05, 3.63) is 35.0 Å². The molecule has 0 radical (unpaired) electrons. The maximum Gasteiger partial charge on any atom is 0.253 e. The van der Waals surface area contributed by atoms with Crippen LogP contribution in [0.25, 0.3) is 10.9 Å². The molecule has 17 heavy (non-hydrogen) atoms. The molecule has 0 saturated carbocycles. The quantitative estimate of drug-likeness (QED) is 0.801. The molecule has 2 aromatic rings. The summed E-state index contributed by atoms with van der Waals surface area (Å²) in [4.78, 5) is 15.1. The minimum Gasteiger partial charge on any atom is -0.360 e. The molecule has 1 aromatic carbocycles. The minimum absolute atomic E-state index is 0.0917. The number of carbonyl (C=O) groups is 1. The lowest BCUT2D eigenvalue weighted by atomic mass is 10.1. The zero-order valence-electron chi connectivity index (χ0n) is 10.1. The molecule has 0 saturated heterocycles. The first-order valence-electron chi connectivity index (χ1n) is 5.46. The monoisotopic (exact) mass is 250 g/mol. The van der Waals surface area contributed by atoms with Gasteiger partial charge in [0.1, 0.15) is 0 Å². The van der Waals surface area contributed by atoms with Gasteiger partial charge in [0.15, 0.2) is 0 Å². The number of hydrogen-bond acceptors (Lipinski definition) is 1. The number of aromatic amines is 1. The van der Waals surface area contributed by atoms with Gasteiger partial charge < -0.3 is 10.3 Å². The number of benzene rings is 1. The Morgan fingerprint density at radius 1 is 1.35 bits per heavy atom. The van der Waals surface area contributed by atoms with Crippen molar-refractivity contribution in [3.63, 3.8) is 0 Å². The molecule has 90 valence electrons. The van der Waals surface area contributed by atoms with Crippen LogP contribution in [0.1, 0.15) is 31.1 Å². The van der Waals surface area contributed by atoms with E-state index in [1.54, 1.807) is 18.3 Å². The Balaban J connectivity index is 2.42. The molecule has 4 heteroatoms. The van der Waals surface area contributed by atoms with Crippen molar-refractivity contribution in [3.8, 4) is 0 Å². The van der Waals surface area contributed by atoms with Crippen LogP contribution in [0, 0.1) is 0 Å². The fourth-order valence-corrected chi connectivity index (χ4v) is 1.86. The summed E-state index contributed by atoms with van der Waals surface area (Å²) in [5, 5.41) is 4.40. The summed E-state index contributed by atoms with van der Waals surface area (Å²) >= 11 is 5.94. The summed E-state index contributed by atoms with van der Waals surface area (Å²) in [6.07, 6.45) is 1.71. The maximum atomic E-state index is 12.1. The molecule has 3 nitrogen and oxygen atoms in total. The van der Waals surface area contributed by atoms with Crippen LogP contribution in [-0.2, 0) is 0 Å². The van der Waals surface area contributed by atoms with Crippen LogP contribution in [0.2, 0.25) is 5.02 Å². The predicted octanol–water partition coefficient (Wildman–Crippen LogP) is 3.35. The van der Waals surface area contributed by atoms with Crippen molar-refractivity contribution in [2.24, 2.45) is 0 Å². The van der Waals surface area contributed by atoms with E-state index in [4.69, 9.17) is 11.6 Å². The molecule has 0 fully saturated rings. The second-order valence-electron chi connectivity index (χ2n) is 5.10. The van der Waals surface area contributed by atoms with Gasteiger partial charge >= 0.3 is 0 Å². The third-order valence-corrected chi connectivity index (χ3v) is 2.61. The molecule has 1 aromatic heterocycles. The minimum atomic E-state index is -0.251. The van der Waals surface area contributed by atoms with Gasteiger partial charge in [-0.2, -0.15) is 0 Å². The van der Waals surface area contributed by atoms with Crippen LogP contribution in [-0.4, -0.2) is 16.4 Å². The van der Waals surface area contributed by atoms with Crippen molar-refractivity contribution in [2.45, 2.75) is 26.3 Å². The molecule has 2 N–H and O–H groups in total. The lowest BCUT2D eigenvalue weighted by Gasteiger charge is -2.20. The highest BCUT2D eigenvalue weighted by Gasteiger charge is 2.18. The van der Waals surface area contributed by atoms with Gasteiger partial charge in [-0.05, 0) is 39.0 Å². The molecule has 0 bridgehead atoms. The van der Waals surface area contributed by atoms with Crippen molar-refractivity contribution in [1.29, 1.82) is 0 Å². The highest BCUT2D eigenvalue weighted by molar-refractivity contribution is 6.31. The SMILES string of the molecule is CC(C)(C)NC(=O)c1c[nH]c2ccc(Cl)cc12. The molecule has 0 unspecified atom stereocenters. The number of H-pyrrole nitrogens is 1. The normalized spacial score (nSPS) is 11.8. The van der Waals surface area contributed by atoms with Crippen LogP contribution in [0.5, 0.6) is 0 Å². The number of halogens is 1. The van der Waals surface area contributed by atoms with E-state index in [-0.39, 0.29) is 11.4 Å². The molecular formula is C13H15ClN2O. The van der Waals surface area contributed by atoms with Crippen molar-refractivity contribution in [2.75, 3.05) is 0 Å². The largest absolute Gasteiger partial charge is 0.360 e. The van der Waals surface area contributed by atoms with Crippen LogP contribution < -0.4 is 5.32 Å². The molecule has 0 aliphatic heterocycles. The Kier molecular flexibility index (Phi) is 2.87. The predicted molar refractivity (Wildman–Crippen MR) is 70.5 cm³/mol. The second kappa shape index (κ2) is 4.08. The Morgan fingerprint density at radius 2 is 2.06 bits per heavy atom. The summed E-state index contributed by atoms with van der Waals surface area (Å²) in [5.41, 5.74) is 1.28. The van der Waals surface area contributed by atoms with Crippen LogP contribution in [0.3, 0.4) is 0 Å². The Morgan fingerprint density at radius 3 is 2.71 bits per heavy atom. The molecule has 1 heterocycles. The van der Waals surface area contributed by atoms with Gasteiger partial charge in [-0.15, -0.1) is 0 Å². The molecule has 2 rings (SSSR count). The van der Waals surface area contributed by atoms with Gasteiger partial charge in [0.25, 0.3) is 5.91 Å². The summed E-state index contributed by atoms with van der Waals surface area (Å²) in [7, 11) is 0. The van der Waals surface area contributed by atoms with E-state index in [1.165, 1.54) is 0 Å². The lowest BCUT2D eigenvalue weighted by molar-refractivity contribution is 0.0921.